The molecule has 0 aromatic carbocycles. The molecule has 1 heterocycles. The van der Waals surface area contributed by atoms with Gasteiger partial charge in [0.15, 0.2) is 6.10 Å². The van der Waals surface area contributed by atoms with Crippen LogP contribution < -0.4 is 5.32 Å². The Morgan fingerprint density at radius 2 is 1.68 bits per heavy atom. The maximum atomic E-state index is 13.3. The smallest absolute Gasteiger partial charge is 0.336 e. The van der Waals surface area contributed by atoms with Gasteiger partial charge >= 0.3 is 17.9 Å². The predicted molar refractivity (Wildman–Crippen MR) is 134 cm³/mol. The van der Waals surface area contributed by atoms with E-state index in [0.717, 1.165) is 32.2 Å². The normalized spacial score (nSPS) is 40.3. The zero-order valence-corrected chi connectivity index (χ0v) is 22.1. The molecule has 10 heteroatoms. The van der Waals surface area contributed by atoms with Crippen molar-refractivity contribution < 1.29 is 43.7 Å². The molecule has 8 atom stereocenters. The van der Waals surface area contributed by atoms with E-state index in [9.17, 15) is 24.0 Å². The second-order valence-electron chi connectivity index (χ2n) is 12.0. The lowest BCUT2D eigenvalue weighted by atomic mass is 9.44. The molecule has 210 valence electrons. The van der Waals surface area contributed by atoms with Crippen LogP contribution in [-0.4, -0.2) is 71.6 Å². The van der Waals surface area contributed by atoms with Crippen LogP contribution in [0.1, 0.15) is 65.2 Å². The van der Waals surface area contributed by atoms with Gasteiger partial charge in [-0.25, -0.2) is 14.4 Å². The summed E-state index contributed by atoms with van der Waals surface area (Å²) in [5, 5.41) is 18.8. The molecule has 1 saturated heterocycles. The Hall–Kier alpha value is -2.59. The van der Waals surface area contributed by atoms with Crippen molar-refractivity contribution in [2.45, 2.75) is 77.4 Å². The molecule has 2 unspecified atom stereocenters. The van der Waals surface area contributed by atoms with Crippen molar-refractivity contribution in [3.05, 3.63) is 12.2 Å². The highest BCUT2D eigenvalue weighted by molar-refractivity contribution is 6.39. The Kier molecular flexibility index (Phi) is 8.42. The fourth-order valence-electron chi connectivity index (χ4n) is 7.92. The van der Waals surface area contributed by atoms with Gasteiger partial charge in [0.05, 0.1) is 6.61 Å². The summed E-state index contributed by atoms with van der Waals surface area (Å²) in [7, 11) is 0. The first-order valence-electron chi connectivity index (χ1n) is 13.7. The summed E-state index contributed by atoms with van der Waals surface area (Å²) in [4.78, 5) is 58.3. The molecule has 38 heavy (non-hydrogen) atoms. The molecule has 3 N–H and O–H groups in total. The molecule has 0 spiro atoms. The lowest BCUT2D eigenvalue weighted by Crippen LogP contribution is -2.61. The Morgan fingerprint density at radius 1 is 0.974 bits per heavy atom. The largest absolute Gasteiger partial charge is 0.478 e. The van der Waals surface area contributed by atoms with Crippen LogP contribution in [0.5, 0.6) is 0 Å². The van der Waals surface area contributed by atoms with Crippen molar-refractivity contribution in [2.24, 2.45) is 34.5 Å². The number of rotatable bonds is 4. The van der Waals surface area contributed by atoms with Crippen molar-refractivity contribution >= 4 is 29.5 Å². The summed E-state index contributed by atoms with van der Waals surface area (Å²) >= 11 is 0. The van der Waals surface area contributed by atoms with Gasteiger partial charge in [-0.1, -0.05) is 20.3 Å². The molecular weight excluding hydrogens is 494 g/mol. The summed E-state index contributed by atoms with van der Waals surface area (Å²) in [5.41, 5.74) is 0.0897. The number of ether oxygens (including phenoxy) is 2. The molecule has 4 saturated carbocycles. The lowest BCUT2D eigenvalue weighted by molar-refractivity contribution is -0.179. The van der Waals surface area contributed by atoms with Crippen molar-refractivity contribution in [2.75, 3.05) is 19.7 Å². The summed E-state index contributed by atoms with van der Waals surface area (Å²) in [5.74, 6) is -2.89. The quantitative estimate of drug-likeness (QED) is 0.278. The van der Waals surface area contributed by atoms with E-state index in [1.807, 2.05) is 0 Å². The van der Waals surface area contributed by atoms with Crippen molar-refractivity contribution in [3.63, 3.8) is 0 Å². The first kappa shape index (κ1) is 28.4. The van der Waals surface area contributed by atoms with Gasteiger partial charge in [-0.2, -0.15) is 0 Å². The number of ketones is 2. The van der Waals surface area contributed by atoms with E-state index >= 15 is 0 Å². The number of esters is 1. The number of morpholine rings is 1. The minimum atomic E-state index is -1.26. The predicted octanol–water partition coefficient (Wildman–Crippen LogP) is 2.39. The van der Waals surface area contributed by atoms with Crippen molar-refractivity contribution in [3.8, 4) is 0 Å². The van der Waals surface area contributed by atoms with E-state index in [-0.39, 0.29) is 46.3 Å². The van der Waals surface area contributed by atoms with Gasteiger partial charge in [0.25, 0.3) is 0 Å². The van der Waals surface area contributed by atoms with Gasteiger partial charge in [-0.05, 0) is 67.6 Å². The molecule has 5 fully saturated rings. The number of carbonyl (C=O) groups excluding carboxylic acids is 3. The van der Waals surface area contributed by atoms with Crippen LogP contribution in [0.2, 0.25) is 0 Å². The molecule has 0 aromatic heterocycles. The lowest BCUT2D eigenvalue weighted by Gasteiger charge is -2.58. The standard InChI is InChI=1S/C24H35NO5.C4H4O4/c1-23-7-3-4-15(23)19-16(6-8-23)24(2)9-5-14(12-17(24)20(26)21(19)27)30-22(28)18-13-25-10-11-29-18;5-3(6)1-2-4(7)8/h14-19,25H,3-13H2,1-2H3;1-2H,(H,5,6)(H,7,8)/b;2-1+/t14-,15-,16-,17?,18?,19-,23-,24+;/m0./s1. The van der Waals surface area contributed by atoms with E-state index in [0.29, 0.717) is 43.6 Å². The molecule has 5 aliphatic rings. The molecule has 1 aliphatic heterocycles. The molecule has 5 rings (SSSR count). The van der Waals surface area contributed by atoms with Gasteiger partial charge in [0.2, 0.25) is 11.6 Å². The average Bonchev–Trinajstić information content (AvgIpc) is 3.29. The maximum absolute atomic E-state index is 13.3. The fourth-order valence-corrected chi connectivity index (χ4v) is 7.92. The summed E-state index contributed by atoms with van der Waals surface area (Å²) in [6.07, 6.45) is 8.04. The highest BCUT2D eigenvalue weighted by Gasteiger charge is 2.64. The zero-order chi connectivity index (χ0) is 27.7. The van der Waals surface area contributed by atoms with Crippen LogP contribution in [0.3, 0.4) is 0 Å². The van der Waals surface area contributed by atoms with Crippen LogP contribution in [0.4, 0.5) is 0 Å². The van der Waals surface area contributed by atoms with Crippen molar-refractivity contribution in [1.29, 1.82) is 0 Å². The minimum absolute atomic E-state index is 0.0826. The number of hydrogen-bond donors (Lipinski definition) is 3. The SMILES string of the molecule is C[C@@]12CCC[C@H]1[C@@H]1C(=O)C(=O)C3C[C@@H](OC(=O)C4CNCCO4)CC[C@]3(C)[C@H]1CC2.O=C(O)/C=C/C(=O)O. The minimum Gasteiger partial charge on any atom is -0.478 e. The third-order valence-electron chi connectivity index (χ3n) is 9.90. The van der Waals surface area contributed by atoms with E-state index in [2.05, 4.69) is 19.2 Å². The number of carbonyl (C=O) groups is 5. The van der Waals surface area contributed by atoms with Crippen LogP contribution in [0.25, 0.3) is 0 Å². The van der Waals surface area contributed by atoms with Gasteiger partial charge < -0.3 is 25.0 Å². The number of Topliss-reactive ketones (excluding diaryl/α,β-unsaturated/α-hetero) is 2. The highest BCUT2D eigenvalue weighted by atomic mass is 16.6. The summed E-state index contributed by atoms with van der Waals surface area (Å²) in [6, 6.07) is 0. The first-order chi connectivity index (χ1) is 18.0. The molecule has 0 radical (unpaired) electrons. The maximum Gasteiger partial charge on any atom is 0.336 e. The zero-order valence-electron chi connectivity index (χ0n) is 22.1. The van der Waals surface area contributed by atoms with Gasteiger partial charge in [0.1, 0.15) is 6.10 Å². The average molecular weight is 534 g/mol. The number of fused-ring (bicyclic) bond motifs is 5. The second kappa shape index (κ2) is 11.3. The van der Waals surface area contributed by atoms with Gasteiger partial charge in [-0.3, -0.25) is 9.59 Å². The number of carboxylic acids is 2. The molecule has 10 nitrogen and oxygen atoms in total. The topological polar surface area (TPSA) is 156 Å². The van der Waals surface area contributed by atoms with E-state index in [1.54, 1.807) is 0 Å². The Bertz CT molecular complexity index is 986. The third kappa shape index (κ3) is 5.57. The molecular formula is C28H39NO9. The first-order valence-corrected chi connectivity index (χ1v) is 13.7. The van der Waals surface area contributed by atoms with Crippen molar-refractivity contribution in [1.82, 2.24) is 5.32 Å². The Balaban J connectivity index is 0.000000368. The van der Waals surface area contributed by atoms with Crippen LogP contribution in [-0.2, 0) is 33.4 Å². The molecule has 0 aromatic rings. The highest BCUT2D eigenvalue weighted by Crippen LogP contribution is 2.64. The molecule has 4 aliphatic carbocycles. The number of hydrogen-bond acceptors (Lipinski definition) is 8. The van der Waals surface area contributed by atoms with E-state index in [4.69, 9.17) is 19.7 Å². The van der Waals surface area contributed by atoms with E-state index < -0.39 is 18.0 Å². The monoisotopic (exact) mass is 533 g/mol. The number of carboxylic acid groups (broad SMARTS) is 2. The fraction of sp³-hybridized carbons (Fsp3) is 0.750. The van der Waals surface area contributed by atoms with Crippen LogP contribution in [0, 0.1) is 34.5 Å². The van der Waals surface area contributed by atoms with Gasteiger partial charge in [0, 0.05) is 37.1 Å². The number of aliphatic carboxylic acids is 2. The molecule has 0 bridgehead atoms. The molecule has 0 amide bonds. The van der Waals surface area contributed by atoms with Gasteiger partial charge in [-0.15, -0.1) is 0 Å². The Morgan fingerprint density at radius 3 is 2.32 bits per heavy atom. The van der Waals surface area contributed by atoms with Crippen LogP contribution in [0.15, 0.2) is 12.2 Å². The Labute approximate surface area is 222 Å². The van der Waals surface area contributed by atoms with Crippen LogP contribution >= 0.6 is 0 Å². The second-order valence-corrected chi connectivity index (χ2v) is 12.0. The third-order valence-corrected chi connectivity index (χ3v) is 9.90. The summed E-state index contributed by atoms with van der Waals surface area (Å²) in [6.45, 7) is 6.29. The summed E-state index contributed by atoms with van der Waals surface area (Å²) < 4.78 is 11.3. The number of nitrogens with one attached hydrogen (secondary N) is 1. The van der Waals surface area contributed by atoms with E-state index in [1.165, 1.54) is 19.3 Å².